The molecule has 0 aromatic heterocycles. The van der Waals surface area contributed by atoms with E-state index in [4.69, 9.17) is 14.2 Å². The maximum atomic E-state index is 9.22. The normalized spacial score (nSPS) is 14.6. The lowest BCUT2D eigenvalue weighted by Gasteiger charge is -2.13. The molecule has 0 saturated heterocycles. The Labute approximate surface area is 107 Å². The van der Waals surface area contributed by atoms with E-state index in [0.29, 0.717) is 25.3 Å². The van der Waals surface area contributed by atoms with E-state index in [9.17, 15) is 5.11 Å². The van der Waals surface area contributed by atoms with Gasteiger partial charge in [0.1, 0.15) is 5.75 Å². The van der Waals surface area contributed by atoms with Crippen LogP contribution in [0, 0.1) is 0 Å². The summed E-state index contributed by atoms with van der Waals surface area (Å²) in [7, 11) is 1.88. The van der Waals surface area contributed by atoms with E-state index < -0.39 is 0 Å². The summed E-state index contributed by atoms with van der Waals surface area (Å²) in [5, 5.41) is 12.3. The summed E-state index contributed by atoms with van der Waals surface area (Å²) in [6.45, 7) is 3.18. The Morgan fingerprint density at radius 1 is 1.39 bits per heavy atom. The van der Waals surface area contributed by atoms with E-state index in [2.05, 4.69) is 5.32 Å². The van der Waals surface area contributed by atoms with Gasteiger partial charge in [0, 0.05) is 24.6 Å². The van der Waals surface area contributed by atoms with Crippen LogP contribution in [0.3, 0.4) is 0 Å². The Hall–Kier alpha value is -1.46. The Bertz CT molecular complexity index is 406. The zero-order valence-electron chi connectivity index (χ0n) is 10.7. The molecule has 0 spiro atoms. The van der Waals surface area contributed by atoms with Crippen LogP contribution in [0.25, 0.3) is 0 Å². The SMILES string of the molecule is CNCc1cc2c(cc1OCCC(C)O)OCO2. The Morgan fingerprint density at radius 3 is 2.78 bits per heavy atom. The highest BCUT2D eigenvalue weighted by Gasteiger charge is 2.17. The van der Waals surface area contributed by atoms with Gasteiger partial charge in [0.15, 0.2) is 11.5 Å². The van der Waals surface area contributed by atoms with Crippen LogP contribution in [-0.2, 0) is 6.54 Å². The monoisotopic (exact) mass is 253 g/mol. The number of nitrogens with one attached hydrogen (secondary N) is 1. The second-order valence-corrected chi connectivity index (χ2v) is 4.33. The third-order valence-electron chi connectivity index (χ3n) is 2.72. The molecule has 1 aromatic rings. The van der Waals surface area contributed by atoms with Gasteiger partial charge < -0.3 is 24.6 Å². The molecule has 18 heavy (non-hydrogen) atoms. The van der Waals surface area contributed by atoms with Gasteiger partial charge in [0.25, 0.3) is 0 Å². The first-order valence-electron chi connectivity index (χ1n) is 6.08. The Morgan fingerprint density at radius 2 is 2.11 bits per heavy atom. The number of ether oxygens (including phenoxy) is 3. The number of hydrogen-bond acceptors (Lipinski definition) is 5. The predicted octanol–water partition coefficient (Wildman–Crippen LogP) is 1.28. The van der Waals surface area contributed by atoms with Crippen molar-refractivity contribution in [2.45, 2.75) is 26.0 Å². The van der Waals surface area contributed by atoms with Crippen molar-refractivity contribution < 1.29 is 19.3 Å². The molecule has 1 unspecified atom stereocenters. The Balaban J connectivity index is 2.11. The minimum atomic E-state index is -0.355. The first kappa shape index (κ1) is 13.0. The lowest BCUT2D eigenvalue weighted by molar-refractivity contribution is 0.155. The molecule has 2 N–H and O–H groups in total. The molecule has 100 valence electrons. The molecule has 0 fully saturated rings. The minimum Gasteiger partial charge on any atom is -0.493 e. The van der Waals surface area contributed by atoms with Gasteiger partial charge in [0.05, 0.1) is 12.7 Å². The van der Waals surface area contributed by atoms with Crippen LogP contribution in [-0.4, -0.2) is 31.7 Å². The van der Waals surface area contributed by atoms with Crippen molar-refractivity contribution >= 4 is 0 Å². The molecule has 0 aliphatic carbocycles. The molecule has 1 aliphatic heterocycles. The van der Waals surface area contributed by atoms with Crippen LogP contribution in [0.4, 0.5) is 0 Å². The summed E-state index contributed by atoms with van der Waals surface area (Å²) in [5.74, 6) is 2.24. The average Bonchev–Trinajstić information content (AvgIpc) is 2.76. The zero-order chi connectivity index (χ0) is 13.0. The van der Waals surface area contributed by atoms with Gasteiger partial charge in [-0.05, 0) is 20.0 Å². The van der Waals surface area contributed by atoms with Crippen molar-refractivity contribution in [2.75, 3.05) is 20.4 Å². The van der Waals surface area contributed by atoms with Crippen LogP contribution in [0.5, 0.6) is 17.2 Å². The predicted molar refractivity (Wildman–Crippen MR) is 67.1 cm³/mol. The summed E-state index contributed by atoms with van der Waals surface area (Å²) >= 11 is 0. The van der Waals surface area contributed by atoms with E-state index in [1.165, 1.54) is 0 Å². The molecule has 5 nitrogen and oxygen atoms in total. The molecule has 0 amide bonds. The van der Waals surface area contributed by atoms with Crippen molar-refractivity contribution in [3.8, 4) is 17.2 Å². The molecule has 2 rings (SSSR count). The largest absolute Gasteiger partial charge is 0.493 e. The van der Waals surface area contributed by atoms with Gasteiger partial charge in [-0.25, -0.2) is 0 Å². The van der Waals surface area contributed by atoms with E-state index in [1.807, 2.05) is 19.2 Å². The van der Waals surface area contributed by atoms with Gasteiger partial charge in [-0.2, -0.15) is 0 Å². The third-order valence-corrected chi connectivity index (χ3v) is 2.72. The second kappa shape index (κ2) is 5.93. The van der Waals surface area contributed by atoms with Crippen molar-refractivity contribution in [3.63, 3.8) is 0 Å². The lowest BCUT2D eigenvalue weighted by atomic mass is 10.1. The van der Waals surface area contributed by atoms with Crippen LogP contribution >= 0.6 is 0 Å². The fourth-order valence-electron chi connectivity index (χ4n) is 1.77. The quantitative estimate of drug-likeness (QED) is 0.800. The zero-order valence-corrected chi connectivity index (χ0v) is 10.7. The van der Waals surface area contributed by atoms with Gasteiger partial charge in [-0.1, -0.05) is 0 Å². The maximum Gasteiger partial charge on any atom is 0.231 e. The highest BCUT2D eigenvalue weighted by Crippen LogP contribution is 2.38. The molecule has 0 bridgehead atoms. The Kier molecular flexibility index (Phi) is 4.28. The molecular formula is C13H19NO4. The highest BCUT2D eigenvalue weighted by atomic mass is 16.7. The fraction of sp³-hybridized carbons (Fsp3) is 0.538. The molecule has 1 aliphatic rings. The molecule has 1 aromatic carbocycles. The summed E-state index contributed by atoms with van der Waals surface area (Å²) in [5.41, 5.74) is 1.02. The second-order valence-electron chi connectivity index (χ2n) is 4.33. The first-order chi connectivity index (χ1) is 8.70. The smallest absolute Gasteiger partial charge is 0.231 e. The van der Waals surface area contributed by atoms with E-state index in [1.54, 1.807) is 6.92 Å². The van der Waals surface area contributed by atoms with Gasteiger partial charge in [0.2, 0.25) is 6.79 Å². The van der Waals surface area contributed by atoms with Gasteiger partial charge >= 0.3 is 0 Å². The fourth-order valence-corrected chi connectivity index (χ4v) is 1.77. The van der Waals surface area contributed by atoms with E-state index in [-0.39, 0.29) is 12.9 Å². The average molecular weight is 253 g/mol. The van der Waals surface area contributed by atoms with E-state index in [0.717, 1.165) is 17.1 Å². The number of rotatable bonds is 6. The van der Waals surface area contributed by atoms with Crippen molar-refractivity contribution in [1.29, 1.82) is 0 Å². The highest BCUT2D eigenvalue weighted by molar-refractivity contribution is 5.51. The molecule has 1 atom stereocenters. The number of aliphatic hydroxyl groups is 1. The summed E-state index contributed by atoms with van der Waals surface area (Å²) in [6, 6.07) is 3.77. The third kappa shape index (κ3) is 3.05. The van der Waals surface area contributed by atoms with Gasteiger partial charge in [-0.15, -0.1) is 0 Å². The molecule has 0 saturated carbocycles. The van der Waals surface area contributed by atoms with Crippen LogP contribution < -0.4 is 19.5 Å². The molecule has 1 heterocycles. The molecule has 5 heteroatoms. The first-order valence-corrected chi connectivity index (χ1v) is 6.08. The summed E-state index contributed by atoms with van der Waals surface area (Å²) in [6.07, 6.45) is 0.250. The minimum absolute atomic E-state index is 0.255. The van der Waals surface area contributed by atoms with Crippen molar-refractivity contribution in [3.05, 3.63) is 17.7 Å². The van der Waals surface area contributed by atoms with E-state index >= 15 is 0 Å². The van der Waals surface area contributed by atoms with Gasteiger partial charge in [-0.3, -0.25) is 0 Å². The van der Waals surface area contributed by atoms with Crippen LogP contribution in [0.1, 0.15) is 18.9 Å². The van der Waals surface area contributed by atoms with Crippen LogP contribution in [0.2, 0.25) is 0 Å². The summed E-state index contributed by atoms with van der Waals surface area (Å²) < 4.78 is 16.4. The maximum absolute atomic E-state index is 9.22. The number of benzene rings is 1. The molecular weight excluding hydrogens is 234 g/mol. The van der Waals surface area contributed by atoms with Crippen LogP contribution in [0.15, 0.2) is 12.1 Å². The summed E-state index contributed by atoms with van der Waals surface area (Å²) in [4.78, 5) is 0. The standard InChI is InChI=1S/C13H19NO4/c1-9(15)3-4-16-11-6-13-12(17-8-18-13)5-10(11)7-14-2/h5-6,9,14-15H,3-4,7-8H2,1-2H3. The topological polar surface area (TPSA) is 60.0 Å². The van der Waals surface area contributed by atoms with Crippen molar-refractivity contribution in [1.82, 2.24) is 5.32 Å². The number of fused-ring (bicyclic) bond motifs is 1. The lowest BCUT2D eigenvalue weighted by Crippen LogP contribution is -2.11. The molecule has 0 radical (unpaired) electrons. The van der Waals surface area contributed by atoms with Crippen molar-refractivity contribution in [2.24, 2.45) is 0 Å². The number of aliphatic hydroxyl groups excluding tert-OH is 1. The number of hydrogen-bond donors (Lipinski definition) is 2.